The second kappa shape index (κ2) is 7.09. The van der Waals surface area contributed by atoms with E-state index in [0.29, 0.717) is 12.3 Å². The largest absolute Gasteiger partial charge is 0.465 e. The van der Waals surface area contributed by atoms with Gasteiger partial charge in [-0.3, -0.25) is 9.59 Å². The van der Waals surface area contributed by atoms with E-state index in [2.05, 4.69) is 12.2 Å². The number of ether oxygens (including phenoxy) is 2. The van der Waals surface area contributed by atoms with Gasteiger partial charge in [-0.1, -0.05) is 12.2 Å². The monoisotopic (exact) mass is 240 g/mol. The van der Waals surface area contributed by atoms with Gasteiger partial charge < -0.3 is 9.47 Å². The molecule has 1 rings (SSSR count). The van der Waals surface area contributed by atoms with Crippen LogP contribution in [0.2, 0.25) is 0 Å². The average Bonchev–Trinajstić information content (AvgIpc) is 2.79. The Morgan fingerprint density at radius 3 is 2.00 bits per heavy atom. The lowest BCUT2D eigenvalue weighted by atomic mass is 9.93. The van der Waals surface area contributed by atoms with Crippen molar-refractivity contribution in [2.24, 2.45) is 11.8 Å². The van der Waals surface area contributed by atoms with Crippen molar-refractivity contribution in [1.82, 2.24) is 0 Å². The van der Waals surface area contributed by atoms with Gasteiger partial charge in [-0.2, -0.15) is 0 Å². The maximum atomic E-state index is 11.7. The zero-order chi connectivity index (χ0) is 12.7. The Bertz CT molecular complexity index is 270. The highest BCUT2D eigenvalue weighted by Crippen LogP contribution is 2.26. The summed E-state index contributed by atoms with van der Waals surface area (Å²) in [5.41, 5.74) is 0. The van der Waals surface area contributed by atoms with Crippen LogP contribution in [0.3, 0.4) is 0 Å². The molecular weight excluding hydrogens is 220 g/mol. The van der Waals surface area contributed by atoms with Gasteiger partial charge >= 0.3 is 11.9 Å². The fourth-order valence-corrected chi connectivity index (χ4v) is 1.97. The molecule has 0 aromatic heterocycles. The first kappa shape index (κ1) is 13.7. The molecule has 4 heteroatoms. The minimum Gasteiger partial charge on any atom is -0.465 e. The maximum absolute atomic E-state index is 11.7. The molecule has 0 saturated carbocycles. The predicted octanol–water partition coefficient (Wildman–Crippen LogP) is 2.09. The van der Waals surface area contributed by atoms with Crippen molar-refractivity contribution in [1.29, 1.82) is 0 Å². The molecule has 0 heterocycles. The molecule has 0 amide bonds. The molecule has 1 aliphatic rings. The fourth-order valence-electron chi connectivity index (χ4n) is 1.97. The first-order valence-electron chi connectivity index (χ1n) is 6.17. The van der Waals surface area contributed by atoms with E-state index in [4.69, 9.17) is 9.47 Å². The third-order valence-corrected chi connectivity index (χ3v) is 2.82. The SMILES string of the molecule is CCOC(=O)C(CC1CC=CC1)C(=O)OCC. The van der Waals surface area contributed by atoms with Crippen LogP contribution < -0.4 is 0 Å². The summed E-state index contributed by atoms with van der Waals surface area (Å²) in [6.07, 6.45) is 6.53. The van der Waals surface area contributed by atoms with Crippen LogP contribution in [0.25, 0.3) is 0 Å². The van der Waals surface area contributed by atoms with Crippen molar-refractivity contribution in [2.45, 2.75) is 33.1 Å². The van der Waals surface area contributed by atoms with Crippen LogP contribution in [0.1, 0.15) is 33.1 Å². The molecule has 0 N–H and O–H groups in total. The topological polar surface area (TPSA) is 52.6 Å². The molecule has 0 unspecified atom stereocenters. The van der Waals surface area contributed by atoms with Crippen LogP contribution >= 0.6 is 0 Å². The zero-order valence-electron chi connectivity index (χ0n) is 10.5. The van der Waals surface area contributed by atoms with Crippen LogP contribution in [-0.4, -0.2) is 25.2 Å². The number of allylic oxidation sites excluding steroid dienone is 2. The third kappa shape index (κ3) is 4.21. The molecule has 17 heavy (non-hydrogen) atoms. The average molecular weight is 240 g/mol. The highest BCUT2D eigenvalue weighted by atomic mass is 16.6. The van der Waals surface area contributed by atoms with Gasteiger partial charge in [0.1, 0.15) is 0 Å². The molecule has 4 nitrogen and oxygen atoms in total. The summed E-state index contributed by atoms with van der Waals surface area (Å²) in [7, 11) is 0. The highest BCUT2D eigenvalue weighted by Gasteiger charge is 2.32. The number of hydrogen-bond donors (Lipinski definition) is 0. The van der Waals surface area contributed by atoms with Crippen LogP contribution in [0, 0.1) is 11.8 Å². The molecule has 0 aromatic rings. The van der Waals surface area contributed by atoms with E-state index in [-0.39, 0.29) is 13.2 Å². The van der Waals surface area contributed by atoms with E-state index in [1.54, 1.807) is 13.8 Å². The molecule has 0 aromatic carbocycles. The molecule has 0 radical (unpaired) electrons. The van der Waals surface area contributed by atoms with Gasteiger partial charge in [0.2, 0.25) is 0 Å². The molecule has 0 saturated heterocycles. The Labute approximate surface area is 102 Å². The van der Waals surface area contributed by atoms with Crippen molar-refractivity contribution in [3.8, 4) is 0 Å². The van der Waals surface area contributed by atoms with Crippen LogP contribution in [0.4, 0.5) is 0 Å². The summed E-state index contributed by atoms with van der Waals surface area (Å²) in [5.74, 6) is -1.33. The lowest BCUT2D eigenvalue weighted by molar-refractivity contribution is -0.162. The first-order chi connectivity index (χ1) is 8.19. The summed E-state index contributed by atoms with van der Waals surface area (Å²) in [5, 5.41) is 0. The number of carbonyl (C=O) groups excluding carboxylic acids is 2. The summed E-state index contributed by atoms with van der Waals surface area (Å²) in [6, 6.07) is 0. The Morgan fingerprint density at radius 2 is 1.59 bits per heavy atom. The van der Waals surface area contributed by atoms with E-state index < -0.39 is 17.9 Å². The molecule has 1 aliphatic carbocycles. The molecule has 0 fully saturated rings. The molecule has 96 valence electrons. The second-order valence-corrected chi connectivity index (χ2v) is 4.10. The Balaban J connectivity index is 2.57. The molecule has 0 bridgehead atoms. The number of esters is 2. The molecule has 0 aliphatic heterocycles. The lowest BCUT2D eigenvalue weighted by Crippen LogP contribution is -2.29. The summed E-state index contributed by atoms with van der Waals surface area (Å²) >= 11 is 0. The van der Waals surface area contributed by atoms with Crippen LogP contribution in [-0.2, 0) is 19.1 Å². The van der Waals surface area contributed by atoms with Gasteiger partial charge in [0.25, 0.3) is 0 Å². The quantitative estimate of drug-likeness (QED) is 0.405. The van der Waals surface area contributed by atoms with Gasteiger partial charge in [0.05, 0.1) is 13.2 Å². The number of rotatable bonds is 6. The van der Waals surface area contributed by atoms with Gasteiger partial charge in [0.15, 0.2) is 5.92 Å². The summed E-state index contributed by atoms with van der Waals surface area (Å²) in [6.45, 7) is 4.05. The minimum atomic E-state index is -0.764. The predicted molar refractivity (Wildman–Crippen MR) is 63.2 cm³/mol. The van der Waals surface area contributed by atoms with Crippen LogP contribution in [0.15, 0.2) is 12.2 Å². The molecule has 0 spiro atoms. The molecular formula is C13H20O4. The van der Waals surface area contributed by atoms with Gasteiger partial charge in [0, 0.05) is 0 Å². The number of carbonyl (C=O) groups is 2. The van der Waals surface area contributed by atoms with E-state index in [1.165, 1.54) is 0 Å². The van der Waals surface area contributed by atoms with Gasteiger partial charge in [-0.05, 0) is 39.0 Å². The zero-order valence-corrected chi connectivity index (χ0v) is 10.5. The van der Waals surface area contributed by atoms with Crippen molar-refractivity contribution >= 4 is 11.9 Å². The standard InChI is InChI=1S/C13H20O4/c1-3-16-12(14)11(13(15)17-4-2)9-10-7-5-6-8-10/h5-6,10-11H,3-4,7-9H2,1-2H3. The van der Waals surface area contributed by atoms with E-state index >= 15 is 0 Å². The Kier molecular flexibility index (Phi) is 5.73. The summed E-state index contributed by atoms with van der Waals surface area (Å²) < 4.78 is 9.84. The number of hydrogen-bond acceptors (Lipinski definition) is 4. The summed E-state index contributed by atoms with van der Waals surface area (Å²) in [4.78, 5) is 23.4. The van der Waals surface area contributed by atoms with Gasteiger partial charge in [-0.25, -0.2) is 0 Å². The van der Waals surface area contributed by atoms with E-state index in [1.807, 2.05) is 0 Å². The van der Waals surface area contributed by atoms with Crippen molar-refractivity contribution < 1.29 is 19.1 Å². The van der Waals surface area contributed by atoms with Crippen molar-refractivity contribution in [2.75, 3.05) is 13.2 Å². The third-order valence-electron chi connectivity index (χ3n) is 2.82. The smallest absolute Gasteiger partial charge is 0.320 e. The minimum absolute atomic E-state index is 0.289. The van der Waals surface area contributed by atoms with Gasteiger partial charge in [-0.15, -0.1) is 0 Å². The van der Waals surface area contributed by atoms with Crippen molar-refractivity contribution in [3.05, 3.63) is 12.2 Å². The van der Waals surface area contributed by atoms with Crippen LogP contribution in [0.5, 0.6) is 0 Å². The lowest BCUT2D eigenvalue weighted by Gasteiger charge is -2.17. The molecule has 0 atom stereocenters. The second-order valence-electron chi connectivity index (χ2n) is 4.10. The van der Waals surface area contributed by atoms with E-state index in [0.717, 1.165) is 12.8 Å². The van der Waals surface area contributed by atoms with Crippen molar-refractivity contribution in [3.63, 3.8) is 0 Å². The maximum Gasteiger partial charge on any atom is 0.320 e. The highest BCUT2D eigenvalue weighted by molar-refractivity contribution is 5.94. The van der Waals surface area contributed by atoms with E-state index in [9.17, 15) is 9.59 Å². The normalized spacial score (nSPS) is 15.2. The Hall–Kier alpha value is -1.32. The first-order valence-corrected chi connectivity index (χ1v) is 6.17. The fraction of sp³-hybridized carbons (Fsp3) is 0.692. The Morgan fingerprint density at radius 1 is 1.12 bits per heavy atom.